The molecule has 2 amide bonds. The molecule has 6 heteroatoms. The normalized spacial score (nSPS) is 19.7. The second kappa shape index (κ2) is 8.42. The van der Waals surface area contributed by atoms with Crippen LogP contribution in [0.4, 0.5) is 11.5 Å². The van der Waals surface area contributed by atoms with Crippen LogP contribution in [0.25, 0.3) is 0 Å². The highest BCUT2D eigenvalue weighted by Gasteiger charge is 2.26. The van der Waals surface area contributed by atoms with E-state index in [0.717, 1.165) is 49.4 Å². The lowest BCUT2D eigenvalue weighted by Gasteiger charge is -2.32. The van der Waals surface area contributed by atoms with Crippen LogP contribution in [0.3, 0.4) is 0 Å². The minimum atomic E-state index is -0.0560. The summed E-state index contributed by atoms with van der Waals surface area (Å²) in [5, 5.41) is 3.07. The molecule has 2 saturated heterocycles. The number of nitrogens with one attached hydrogen (secondary N) is 1. The van der Waals surface area contributed by atoms with Crippen molar-refractivity contribution >= 4 is 23.3 Å². The quantitative estimate of drug-likeness (QED) is 0.868. The Balaban J connectivity index is 1.38. The Labute approximate surface area is 165 Å². The van der Waals surface area contributed by atoms with Crippen LogP contribution < -0.4 is 10.2 Å². The molecule has 2 fully saturated rings. The molecule has 0 radical (unpaired) electrons. The molecule has 4 rings (SSSR count). The molecular weight excluding hydrogens is 352 g/mol. The van der Waals surface area contributed by atoms with Gasteiger partial charge in [-0.15, -0.1) is 0 Å². The number of hydrogen-bond donors (Lipinski definition) is 1. The van der Waals surface area contributed by atoms with Gasteiger partial charge in [-0.25, -0.2) is 4.98 Å². The molecule has 2 aliphatic heterocycles. The van der Waals surface area contributed by atoms with Crippen LogP contribution in [-0.4, -0.2) is 41.3 Å². The number of carbonyl (C=O) groups is 2. The van der Waals surface area contributed by atoms with Gasteiger partial charge in [0.1, 0.15) is 5.82 Å². The fourth-order valence-corrected chi connectivity index (χ4v) is 4.02. The van der Waals surface area contributed by atoms with Crippen LogP contribution in [0.5, 0.6) is 0 Å². The molecule has 1 atom stereocenters. The number of likely N-dealkylation sites (tertiary alicyclic amines) is 1. The highest BCUT2D eigenvalue weighted by molar-refractivity contribution is 5.93. The van der Waals surface area contributed by atoms with Crippen molar-refractivity contribution in [3.8, 4) is 0 Å². The van der Waals surface area contributed by atoms with Crippen LogP contribution in [0.15, 0.2) is 48.7 Å². The smallest absolute Gasteiger partial charge is 0.229 e. The molecule has 3 heterocycles. The average Bonchev–Trinajstić information content (AvgIpc) is 3.13. The van der Waals surface area contributed by atoms with Gasteiger partial charge in [0.05, 0.1) is 5.92 Å². The van der Waals surface area contributed by atoms with E-state index in [9.17, 15) is 9.59 Å². The Morgan fingerprint density at radius 1 is 1.14 bits per heavy atom. The van der Waals surface area contributed by atoms with Gasteiger partial charge in [0.15, 0.2) is 0 Å². The number of rotatable bonds is 5. The number of pyridine rings is 1. The summed E-state index contributed by atoms with van der Waals surface area (Å²) in [5.74, 6) is 1.14. The number of aromatic nitrogens is 1. The Bertz CT molecular complexity index is 839. The lowest BCUT2D eigenvalue weighted by atomic mass is 9.97. The standard InChI is InChI=1S/C22H26N4O2/c27-21-10-5-13-26(21)15-17-6-3-8-19(14-17)24-22(28)18-7-4-12-25(16-18)20-9-1-2-11-23-20/h1-3,6,8-9,11,14,18H,4-5,7,10,12-13,15-16H2,(H,24,28). The maximum absolute atomic E-state index is 12.8. The number of amides is 2. The minimum Gasteiger partial charge on any atom is -0.356 e. The highest BCUT2D eigenvalue weighted by atomic mass is 16.2. The molecule has 0 bridgehead atoms. The van der Waals surface area contributed by atoms with Crippen molar-refractivity contribution < 1.29 is 9.59 Å². The number of anilines is 2. The number of carbonyl (C=O) groups excluding carboxylic acids is 2. The van der Waals surface area contributed by atoms with Crippen molar-refractivity contribution in [2.24, 2.45) is 5.92 Å². The summed E-state index contributed by atoms with van der Waals surface area (Å²) in [6.07, 6.45) is 5.23. The van der Waals surface area contributed by atoms with Crippen LogP contribution >= 0.6 is 0 Å². The van der Waals surface area contributed by atoms with Crippen molar-refractivity contribution in [2.45, 2.75) is 32.2 Å². The molecule has 0 aliphatic carbocycles. The second-order valence-electron chi connectivity index (χ2n) is 7.58. The van der Waals surface area contributed by atoms with Gasteiger partial charge in [-0.2, -0.15) is 0 Å². The molecule has 2 aromatic rings. The molecule has 1 aromatic carbocycles. The number of benzene rings is 1. The largest absolute Gasteiger partial charge is 0.356 e. The summed E-state index contributed by atoms with van der Waals surface area (Å²) in [6, 6.07) is 13.7. The maximum Gasteiger partial charge on any atom is 0.229 e. The molecule has 0 saturated carbocycles. The van der Waals surface area contributed by atoms with E-state index in [2.05, 4.69) is 15.2 Å². The lowest BCUT2D eigenvalue weighted by molar-refractivity contribution is -0.128. The molecule has 146 valence electrons. The van der Waals surface area contributed by atoms with Gasteiger partial charge >= 0.3 is 0 Å². The molecule has 6 nitrogen and oxygen atoms in total. The second-order valence-corrected chi connectivity index (χ2v) is 7.58. The first-order valence-corrected chi connectivity index (χ1v) is 10.0. The van der Waals surface area contributed by atoms with Crippen molar-refractivity contribution in [3.63, 3.8) is 0 Å². The third kappa shape index (κ3) is 4.32. The number of nitrogens with zero attached hydrogens (tertiary/aromatic N) is 3. The fraction of sp³-hybridized carbons (Fsp3) is 0.409. The van der Waals surface area contributed by atoms with Gasteiger partial charge in [-0.05, 0) is 49.1 Å². The van der Waals surface area contributed by atoms with Crippen LogP contribution in [0.1, 0.15) is 31.2 Å². The molecule has 0 spiro atoms. The maximum atomic E-state index is 12.8. The Hall–Kier alpha value is -2.89. The van der Waals surface area contributed by atoms with Gasteiger partial charge in [0, 0.05) is 44.5 Å². The predicted octanol–water partition coefficient (Wildman–Crippen LogP) is 3.06. The number of hydrogen-bond acceptors (Lipinski definition) is 4. The monoisotopic (exact) mass is 378 g/mol. The first-order chi connectivity index (χ1) is 13.7. The zero-order valence-corrected chi connectivity index (χ0v) is 16.0. The van der Waals surface area contributed by atoms with E-state index in [0.29, 0.717) is 19.5 Å². The summed E-state index contributed by atoms with van der Waals surface area (Å²) in [5.41, 5.74) is 1.84. The summed E-state index contributed by atoms with van der Waals surface area (Å²) in [6.45, 7) is 3.05. The van der Waals surface area contributed by atoms with E-state index in [-0.39, 0.29) is 17.7 Å². The van der Waals surface area contributed by atoms with Crippen molar-refractivity contribution in [1.29, 1.82) is 0 Å². The molecule has 1 aromatic heterocycles. The fourth-order valence-electron chi connectivity index (χ4n) is 4.02. The van der Waals surface area contributed by atoms with E-state index in [1.165, 1.54) is 0 Å². The van der Waals surface area contributed by atoms with Crippen molar-refractivity contribution in [1.82, 2.24) is 9.88 Å². The van der Waals surface area contributed by atoms with Gasteiger partial charge in [-0.3, -0.25) is 9.59 Å². The van der Waals surface area contributed by atoms with Gasteiger partial charge in [0.25, 0.3) is 0 Å². The summed E-state index contributed by atoms with van der Waals surface area (Å²) in [4.78, 5) is 33.1. The number of piperidine rings is 1. The third-order valence-corrected chi connectivity index (χ3v) is 5.50. The van der Waals surface area contributed by atoms with E-state index in [1.807, 2.05) is 47.4 Å². The SMILES string of the molecule is O=C(Nc1cccc(CN2CCCC2=O)c1)C1CCCN(c2ccccn2)C1. The summed E-state index contributed by atoms with van der Waals surface area (Å²) < 4.78 is 0. The summed E-state index contributed by atoms with van der Waals surface area (Å²) >= 11 is 0. The first-order valence-electron chi connectivity index (χ1n) is 10.0. The van der Waals surface area contributed by atoms with Crippen LogP contribution in [0, 0.1) is 5.92 Å². The molecule has 1 N–H and O–H groups in total. The topological polar surface area (TPSA) is 65.5 Å². The van der Waals surface area contributed by atoms with E-state index >= 15 is 0 Å². The lowest BCUT2D eigenvalue weighted by Crippen LogP contribution is -2.41. The van der Waals surface area contributed by atoms with Gasteiger partial charge in [0.2, 0.25) is 11.8 Å². The first kappa shape index (κ1) is 18.5. The predicted molar refractivity (Wildman–Crippen MR) is 109 cm³/mol. The average molecular weight is 378 g/mol. The van der Waals surface area contributed by atoms with Crippen molar-refractivity contribution in [3.05, 3.63) is 54.2 Å². The zero-order chi connectivity index (χ0) is 19.3. The molecular formula is C22H26N4O2. The third-order valence-electron chi connectivity index (χ3n) is 5.50. The van der Waals surface area contributed by atoms with Crippen molar-refractivity contribution in [2.75, 3.05) is 29.9 Å². The van der Waals surface area contributed by atoms with E-state index in [4.69, 9.17) is 0 Å². The van der Waals surface area contributed by atoms with Gasteiger partial charge < -0.3 is 15.1 Å². The highest BCUT2D eigenvalue weighted by Crippen LogP contribution is 2.23. The Morgan fingerprint density at radius 2 is 2.07 bits per heavy atom. The summed E-state index contributed by atoms with van der Waals surface area (Å²) in [7, 11) is 0. The molecule has 28 heavy (non-hydrogen) atoms. The van der Waals surface area contributed by atoms with Gasteiger partial charge in [-0.1, -0.05) is 18.2 Å². The van der Waals surface area contributed by atoms with E-state index in [1.54, 1.807) is 6.20 Å². The van der Waals surface area contributed by atoms with Crippen LogP contribution in [-0.2, 0) is 16.1 Å². The Morgan fingerprint density at radius 3 is 2.86 bits per heavy atom. The van der Waals surface area contributed by atoms with E-state index < -0.39 is 0 Å². The van der Waals surface area contributed by atoms with Crippen LogP contribution in [0.2, 0.25) is 0 Å². The Kier molecular flexibility index (Phi) is 5.55. The molecule has 1 unspecified atom stereocenters. The molecule has 2 aliphatic rings. The minimum absolute atomic E-state index is 0.0510. The zero-order valence-electron chi connectivity index (χ0n) is 16.0.